The van der Waals surface area contributed by atoms with Crippen molar-refractivity contribution in [3.8, 4) is 0 Å². The molecule has 0 aromatic carbocycles. The first-order valence-corrected chi connectivity index (χ1v) is 31.0. The first-order chi connectivity index (χ1) is 34.2. The van der Waals surface area contributed by atoms with Crippen LogP contribution in [0.3, 0.4) is 0 Å². The summed E-state index contributed by atoms with van der Waals surface area (Å²) in [6.45, 7) is 4.32. The van der Waals surface area contributed by atoms with Gasteiger partial charge in [-0.1, -0.05) is 312 Å². The molecule has 3 N–H and O–H groups in total. The third-order valence-electron chi connectivity index (χ3n) is 14.2. The zero-order valence-corrected chi connectivity index (χ0v) is 46.6. The summed E-state index contributed by atoms with van der Waals surface area (Å²) in [5, 5.41) is 23.2. The van der Waals surface area contributed by atoms with Crippen LogP contribution in [0.25, 0.3) is 0 Å². The lowest BCUT2D eigenvalue weighted by Gasteiger charge is -2.19. The smallest absolute Gasteiger partial charge is 0.220 e. The summed E-state index contributed by atoms with van der Waals surface area (Å²) in [5.41, 5.74) is 0. The van der Waals surface area contributed by atoms with Gasteiger partial charge >= 0.3 is 0 Å². The fraction of sp³-hybridized carbons (Fsp3) is 0.831. The van der Waals surface area contributed by atoms with Gasteiger partial charge in [0.25, 0.3) is 0 Å². The number of carbonyl (C=O) groups excluding carboxylic acids is 1. The predicted molar refractivity (Wildman–Crippen MR) is 308 cm³/mol. The molecule has 2 unspecified atom stereocenters. The van der Waals surface area contributed by atoms with Crippen LogP contribution in [0.4, 0.5) is 0 Å². The van der Waals surface area contributed by atoms with E-state index in [-0.39, 0.29) is 12.5 Å². The molecule has 0 aliphatic rings. The maximum atomic E-state index is 12.5. The highest BCUT2D eigenvalue weighted by atomic mass is 16.3. The lowest BCUT2D eigenvalue weighted by atomic mass is 10.0. The molecule has 0 heterocycles. The second-order valence-corrected chi connectivity index (χ2v) is 21.1. The Kier molecular flexibility index (Phi) is 58.7. The van der Waals surface area contributed by atoms with Crippen molar-refractivity contribution in [1.29, 1.82) is 0 Å². The fourth-order valence-electron chi connectivity index (χ4n) is 9.50. The highest BCUT2D eigenvalue weighted by molar-refractivity contribution is 5.76. The third-order valence-corrected chi connectivity index (χ3v) is 14.2. The molecule has 0 spiro atoms. The Hall–Kier alpha value is -1.91. The van der Waals surface area contributed by atoms with Gasteiger partial charge in [0.2, 0.25) is 5.91 Å². The van der Waals surface area contributed by atoms with Crippen molar-refractivity contribution in [2.45, 2.75) is 341 Å². The van der Waals surface area contributed by atoms with E-state index < -0.39 is 12.1 Å². The molecule has 0 bridgehead atoms. The van der Waals surface area contributed by atoms with E-state index in [2.05, 4.69) is 67.8 Å². The highest BCUT2D eigenvalue weighted by Crippen LogP contribution is 2.17. The minimum Gasteiger partial charge on any atom is -0.394 e. The summed E-state index contributed by atoms with van der Waals surface area (Å²) in [6, 6.07) is -0.641. The first-order valence-electron chi connectivity index (χ1n) is 31.0. The molecule has 4 nitrogen and oxygen atoms in total. The van der Waals surface area contributed by atoms with E-state index in [1.807, 2.05) is 6.08 Å². The topological polar surface area (TPSA) is 69.6 Å². The molecule has 1 amide bonds. The number of hydrogen-bond acceptors (Lipinski definition) is 3. The van der Waals surface area contributed by atoms with Crippen molar-refractivity contribution >= 4 is 5.91 Å². The highest BCUT2D eigenvalue weighted by Gasteiger charge is 2.18. The Balaban J connectivity index is 3.49. The van der Waals surface area contributed by atoms with Crippen LogP contribution in [0.2, 0.25) is 0 Å². The molecule has 2 atom stereocenters. The van der Waals surface area contributed by atoms with Gasteiger partial charge in [-0.2, -0.15) is 0 Å². The Morgan fingerprint density at radius 2 is 0.609 bits per heavy atom. The standard InChI is InChI=1S/C65H121NO3/c1-3-5-7-9-11-13-15-17-19-21-23-25-27-29-30-31-32-33-34-35-36-37-39-41-43-45-47-49-51-53-55-57-59-61-65(69)66-63(62-67)64(68)60-58-56-54-52-50-48-46-44-42-40-38-28-26-24-22-20-18-16-14-12-10-8-6-4-2/h15,17,21,23,27,29,50,52,58,60,63-64,67-68H,3-14,16,18-20,22,24-26,28,30-49,51,53-57,59,61-62H2,1-2H3,(H,66,69)/b17-15-,23-21-,29-27-,52-50+,60-58+. The van der Waals surface area contributed by atoms with Crippen LogP contribution in [0.15, 0.2) is 60.8 Å². The second-order valence-electron chi connectivity index (χ2n) is 21.1. The average molecular weight is 965 g/mol. The molecule has 404 valence electrons. The summed E-state index contributed by atoms with van der Waals surface area (Å²) in [4.78, 5) is 12.5. The lowest BCUT2D eigenvalue weighted by molar-refractivity contribution is -0.123. The van der Waals surface area contributed by atoms with Crippen LogP contribution < -0.4 is 5.32 Å². The van der Waals surface area contributed by atoms with Crippen LogP contribution in [0.1, 0.15) is 328 Å². The number of carbonyl (C=O) groups is 1. The number of hydrogen-bond donors (Lipinski definition) is 3. The SMILES string of the molecule is CCCCCCC/C=C\C/C=C\C/C=C\CCCCCCCCCCCCCCCCCCCCC(=O)NC(CO)C(O)/C=C/CC/C=C/CCCCCCCCCCCCCCCCCCCC. The molecule has 0 aliphatic carbocycles. The summed E-state index contributed by atoms with van der Waals surface area (Å²) < 4.78 is 0. The Labute approximate surface area is 432 Å². The maximum absolute atomic E-state index is 12.5. The number of unbranched alkanes of at least 4 members (excludes halogenated alkanes) is 42. The number of nitrogens with one attached hydrogen (secondary N) is 1. The van der Waals surface area contributed by atoms with Gasteiger partial charge in [-0.15, -0.1) is 0 Å². The van der Waals surface area contributed by atoms with E-state index in [1.165, 1.54) is 263 Å². The normalized spacial score (nSPS) is 13.2. The maximum Gasteiger partial charge on any atom is 0.220 e. The van der Waals surface area contributed by atoms with Crippen molar-refractivity contribution in [2.24, 2.45) is 0 Å². The molecule has 0 aromatic heterocycles. The number of aliphatic hydroxyl groups excluding tert-OH is 2. The molecule has 0 fully saturated rings. The van der Waals surface area contributed by atoms with Gasteiger partial charge in [0.15, 0.2) is 0 Å². The Bertz CT molecular complexity index is 1140. The third kappa shape index (κ3) is 56.9. The van der Waals surface area contributed by atoms with E-state index in [9.17, 15) is 15.0 Å². The quantitative estimate of drug-likeness (QED) is 0.0420. The van der Waals surface area contributed by atoms with Crippen molar-refractivity contribution in [1.82, 2.24) is 5.32 Å². The van der Waals surface area contributed by atoms with Gasteiger partial charge in [0, 0.05) is 6.42 Å². The molecule has 0 saturated carbocycles. The van der Waals surface area contributed by atoms with E-state index in [0.29, 0.717) is 6.42 Å². The van der Waals surface area contributed by atoms with Crippen molar-refractivity contribution in [3.63, 3.8) is 0 Å². The average Bonchev–Trinajstić information content (AvgIpc) is 3.35. The number of rotatable bonds is 57. The number of aliphatic hydroxyl groups is 2. The second kappa shape index (κ2) is 60.4. The van der Waals surface area contributed by atoms with E-state index in [0.717, 1.165) is 44.9 Å². The Morgan fingerprint density at radius 1 is 0.348 bits per heavy atom. The number of allylic oxidation sites excluding steroid dienone is 9. The van der Waals surface area contributed by atoms with Gasteiger partial charge in [-0.05, 0) is 70.6 Å². The Morgan fingerprint density at radius 3 is 0.942 bits per heavy atom. The van der Waals surface area contributed by atoms with Gasteiger partial charge in [0.05, 0.1) is 18.8 Å². The summed E-state index contributed by atoms with van der Waals surface area (Å²) in [6.07, 6.45) is 85.5. The monoisotopic (exact) mass is 964 g/mol. The van der Waals surface area contributed by atoms with Crippen LogP contribution in [0, 0.1) is 0 Å². The van der Waals surface area contributed by atoms with E-state index in [1.54, 1.807) is 6.08 Å². The molecule has 0 aromatic rings. The largest absolute Gasteiger partial charge is 0.394 e. The van der Waals surface area contributed by atoms with Crippen molar-refractivity contribution in [3.05, 3.63) is 60.8 Å². The van der Waals surface area contributed by atoms with Crippen molar-refractivity contribution < 1.29 is 15.0 Å². The zero-order valence-electron chi connectivity index (χ0n) is 46.6. The van der Waals surface area contributed by atoms with Gasteiger partial charge in [0.1, 0.15) is 0 Å². The predicted octanol–water partition coefficient (Wildman–Crippen LogP) is 20.8. The summed E-state index contributed by atoms with van der Waals surface area (Å²) in [5.74, 6) is -0.0698. The summed E-state index contributed by atoms with van der Waals surface area (Å²) in [7, 11) is 0. The molecule has 0 saturated heterocycles. The lowest BCUT2D eigenvalue weighted by Crippen LogP contribution is -2.45. The van der Waals surface area contributed by atoms with Crippen molar-refractivity contribution in [2.75, 3.05) is 6.61 Å². The minimum atomic E-state index is -0.864. The summed E-state index contributed by atoms with van der Waals surface area (Å²) >= 11 is 0. The van der Waals surface area contributed by atoms with Gasteiger partial charge in [-0.3, -0.25) is 4.79 Å². The molecule has 0 aliphatic heterocycles. The van der Waals surface area contributed by atoms with E-state index >= 15 is 0 Å². The minimum absolute atomic E-state index is 0.0698. The molecule has 4 heteroatoms. The molecule has 0 rings (SSSR count). The van der Waals surface area contributed by atoms with Gasteiger partial charge in [-0.25, -0.2) is 0 Å². The van der Waals surface area contributed by atoms with Crippen LogP contribution >= 0.6 is 0 Å². The number of amides is 1. The van der Waals surface area contributed by atoms with E-state index in [4.69, 9.17) is 0 Å². The molecule has 69 heavy (non-hydrogen) atoms. The fourth-order valence-corrected chi connectivity index (χ4v) is 9.50. The zero-order chi connectivity index (χ0) is 49.9. The van der Waals surface area contributed by atoms with Crippen LogP contribution in [-0.4, -0.2) is 34.9 Å². The first kappa shape index (κ1) is 67.1. The van der Waals surface area contributed by atoms with Crippen LogP contribution in [-0.2, 0) is 4.79 Å². The van der Waals surface area contributed by atoms with Gasteiger partial charge < -0.3 is 15.5 Å². The molecule has 0 radical (unpaired) electrons. The van der Waals surface area contributed by atoms with Crippen LogP contribution in [0.5, 0.6) is 0 Å². The molecular formula is C65H121NO3. The molecular weight excluding hydrogens is 843 g/mol.